The Bertz CT molecular complexity index is 780. The maximum absolute atomic E-state index is 14.0. The molecule has 0 radical (unpaired) electrons. The van der Waals surface area contributed by atoms with Gasteiger partial charge in [0.1, 0.15) is 11.6 Å². The summed E-state index contributed by atoms with van der Waals surface area (Å²) in [5.41, 5.74) is -0.0612. The molecule has 3 heterocycles. The fraction of sp³-hybridized carbons (Fsp3) is 0.412. The Morgan fingerprint density at radius 3 is 2.46 bits per heavy atom. The second-order valence-electron chi connectivity index (χ2n) is 6.49. The van der Waals surface area contributed by atoms with Crippen LogP contribution >= 0.6 is 11.6 Å². The topological polar surface area (TPSA) is 38.1 Å². The molecule has 7 heteroatoms. The van der Waals surface area contributed by atoms with E-state index in [1.54, 1.807) is 17.3 Å². The largest absolute Gasteiger partial charge is 0.332 e. The van der Waals surface area contributed by atoms with Gasteiger partial charge in [-0.3, -0.25) is 9.48 Å². The average Bonchev–Trinajstić information content (AvgIpc) is 3.08. The number of carbonyl (C=O) groups excluding carboxylic acids is 1. The van der Waals surface area contributed by atoms with Gasteiger partial charge in [-0.05, 0) is 37.8 Å². The second-order valence-corrected chi connectivity index (χ2v) is 6.92. The maximum atomic E-state index is 14.0. The monoisotopic (exact) mass is 351 g/mol. The molecule has 2 fully saturated rings. The Balaban J connectivity index is 1.57. The van der Waals surface area contributed by atoms with E-state index in [9.17, 15) is 13.6 Å². The second kappa shape index (κ2) is 5.84. The fourth-order valence-corrected chi connectivity index (χ4v) is 4.16. The van der Waals surface area contributed by atoms with Crippen LogP contribution in [0.4, 0.5) is 8.78 Å². The summed E-state index contributed by atoms with van der Waals surface area (Å²) in [5.74, 6) is -1.83. The number of benzene rings is 1. The zero-order valence-corrected chi connectivity index (χ0v) is 13.6. The Hall–Kier alpha value is -1.95. The van der Waals surface area contributed by atoms with Gasteiger partial charge in [-0.2, -0.15) is 5.10 Å². The molecule has 2 aliphatic heterocycles. The number of rotatable bonds is 2. The van der Waals surface area contributed by atoms with E-state index in [0.717, 1.165) is 37.8 Å². The standard InChI is InChI=1S/C17H16ClF2N3O/c18-10-8-21-22(9-10)14-6-12-2-3-13(7-14)23(12)17(24)15-4-1-11(19)5-16(15)20/h1,4-5,8-9,12-14H,2-3,6-7H2. The Morgan fingerprint density at radius 1 is 1.17 bits per heavy atom. The van der Waals surface area contributed by atoms with E-state index in [0.29, 0.717) is 5.02 Å². The van der Waals surface area contributed by atoms with Crippen LogP contribution in [-0.2, 0) is 0 Å². The van der Waals surface area contributed by atoms with Crippen molar-refractivity contribution in [1.82, 2.24) is 14.7 Å². The molecule has 0 N–H and O–H groups in total. The molecule has 2 bridgehead atoms. The van der Waals surface area contributed by atoms with E-state index in [1.165, 1.54) is 6.07 Å². The molecule has 2 saturated heterocycles. The number of carbonyl (C=O) groups is 1. The molecule has 2 aromatic rings. The van der Waals surface area contributed by atoms with Crippen molar-refractivity contribution in [1.29, 1.82) is 0 Å². The third-order valence-corrected chi connectivity index (χ3v) is 5.24. The lowest BCUT2D eigenvalue weighted by Crippen LogP contribution is -2.47. The predicted molar refractivity (Wildman–Crippen MR) is 84.8 cm³/mol. The van der Waals surface area contributed by atoms with Crippen LogP contribution in [-0.4, -0.2) is 32.7 Å². The van der Waals surface area contributed by atoms with Crippen LogP contribution in [0.1, 0.15) is 42.1 Å². The summed E-state index contributed by atoms with van der Waals surface area (Å²) in [6.07, 6.45) is 6.72. The fourth-order valence-electron chi connectivity index (χ4n) is 4.01. The Kier molecular flexibility index (Phi) is 3.79. The van der Waals surface area contributed by atoms with Crippen LogP contribution in [0.25, 0.3) is 0 Å². The number of hydrogen-bond donors (Lipinski definition) is 0. The number of halogens is 3. The van der Waals surface area contributed by atoms with Gasteiger partial charge >= 0.3 is 0 Å². The molecule has 2 atom stereocenters. The van der Waals surface area contributed by atoms with Gasteiger partial charge in [0.25, 0.3) is 5.91 Å². The molecule has 0 aliphatic carbocycles. The van der Waals surface area contributed by atoms with Crippen molar-refractivity contribution in [3.05, 3.63) is 52.8 Å². The van der Waals surface area contributed by atoms with Gasteiger partial charge in [0, 0.05) is 24.3 Å². The van der Waals surface area contributed by atoms with Crippen LogP contribution < -0.4 is 0 Å². The average molecular weight is 352 g/mol. The first kappa shape index (κ1) is 15.6. The number of fused-ring (bicyclic) bond motifs is 2. The third-order valence-electron chi connectivity index (χ3n) is 5.05. The van der Waals surface area contributed by atoms with Crippen molar-refractivity contribution in [2.75, 3.05) is 0 Å². The molecule has 4 rings (SSSR count). The predicted octanol–water partition coefficient (Wildman–Crippen LogP) is 3.82. The number of piperidine rings is 1. The highest BCUT2D eigenvalue weighted by Gasteiger charge is 2.44. The van der Waals surface area contributed by atoms with E-state index in [4.69, 9.17) is 11.6 Å². The molecule has 0 saturated carbocycles. The summed E-state index contributed by atoms with van der Waals surface area (Å²) in [6.45, 7) is 0. The summed E-state index contributed by atoms with van der Waals surface area (Å²) >= 11 is 5.94. The van der Waals surface area contributed by atoms with Crippen molar-refractivity contribution < 1.29 is 13.6 Å². The molecular weight excluding hydrogens is 336 g/mol. The van der Waals surface area contributed by atoms with E-state index in [2.05, 4.69) is 5.10 Å². The summed E-state index contributed by atoms with van der Waals surface area (Å²) in [6, 6.07) is 3.40. The number of aromatic nitrogens is 2. The lowest BCUT2D eigenvalue weighted by molar-refractivity contribution is 0.0519. The van der Waals surface area contributed by atoms with E-state index >= 15 is 0 Å². The van der Waals surface area contributed by atoms with E-state index < -0.39 is 11.6 Å². The van der Waals surface area contributed by atoms with Crippen molar-refractivity contribution >= 4 is 17.5 Å². The lowest BCUT2D eigenvalue weighted by atomic mass is 9.96. The van der Waals surface area contributed by atoms with Crippen LogP contribution in [0.3, 0.4) is 0 Å². The highest BCUT2D eigenvalue weighted by Crippen LogP contribution is 2.41. The molecule has 126 valence electrons. The van der Waals surface area contributed by atoms with Crippen LogP contribution in [0.5, 0.6) is 0 Å². The van der Waals surface area contributed by atoms with E-state index in [1.807, 2.05) is 4.68 Å². The molecule has 1 amide bonds. The Labute approximate surface area is 143 Å². The molecule has 1 aromatic carbocycles. The van der Waals surface area contributed by atoms with Crippen molar-refractivity contribution in [3.63, 3.8) is 0 Å². The SMILES string of the molecule is O=C(c1ccc(F)cc1F)N1C2CCC1CC(n1cc(Cl)cn1)C2. The van der Waals surface area contributed by atoms with Gasteiger partial charge in [-0.25, -0.2) is 8.78 Å². The summed E-state index contributed by atoms with van der Waals surface area (Å²) in [5, 5.41) is 4.86. The molecule has 24 heavy (non-hydrogen) atoms. The minimum absolute atomic E-state index is 0.0497. The van der Waals surface area contributed by atoms with Crippen molar-refractivity contribution in [3.8, 4) is 0 Å². The third kappa shape index (κ3) is 2.59. The normalized spacial score (nSPS) is 26.0. The number of hydrogen-bond acceptors (Lipinski definition) is 2. The summed E-state index contributed by atoms with van der Waals surface area (Å²) in [7, 11) is 0. The Morgan fingerprint density at radius 2 is 1.88 bits per heavy atom. The quantitative estimate of drug-likeness (QED) is 0.825. The molecular formula is C17H16ClF2N3O. The van der Waals surface area contributed by atoms with Gasteiger partial charge in [0.05, 0.1) is 22.8 Å². The van der Waals surface area contributed by atoms with Crippen LogP contribution in [0, 0.1) is 11.6 Å². The van der Waals surface area contributed by atoms with Gasteiger partial charge < -0.3 is 4.90 Å². The smallest absolute Gasteiger partial charge is 0.257 e. The van der Waals surface area contributed by atoms with Gasteiger partial charge in [-0.15, -0.1) is 0 Å². The molecule has 2 aliphatic rings. The highest BCUT2D eigenvalue weighted by molar-refractivity contribution is 6.30. The first-order valence-corrected chi connectivity index (χ1v) is 8.38. The zero-order valence-electron chi connectivity index (χ0n) is 12.8. The molecule has 0 spiro atoms. The minimum atomic E-state index is -0.805. The van der Waals surface area contributed by atoms with Gasteiger partial charge in [0.15, 0.2) is 0 Å². The molecule has 2 unspecified atom stereocenters. The maximum Gasteiger partial charge on any atom is 0.257 e. The van der Waals surface area contributed by atoms with Gasteiger partial charge in [0.2, 0.25) is 0 Å². The molecule has 4 nitrogen and oxygen atoms in total. The highest BCUT2D eigenvalue weighted by atomic mass is 35.5. The first-order valence-electron chi connectivity index (χ1n) is 8.00. The first-order chi connectivity index (χ1) is 11.5. The van der Waals surface area contributed by atoms with Crippen molar-refractivity contribution in [2.45, 2.75) is 43.8 Å². The van der Waals surface area contributed by atoms with Crippen LogP contribution in [0.2, 0.25) is 5.02 Å². The minimum Gasteiger partial charge on any atom is -0.332 e. The van der Waals surface area contributed by atoms with E-state index in [-0.39, 0.29) is 29.6 Å². The zero-order chi connectivity index (χ0) is 16.8. The summed E-state index contributed by atoms with van der Waals surface area (Å²) < 4.78 is 28.9. The van der Waals surface area contributed by atoms with Gasteiger partial charge in [-0.1, -0.05) is 11.6 Å². The van der Waals surface area contributed by atoms with Crippen molar-refractivity contribution in [2.24, 2.45) is 0 Å². The molecule has 1 aromatic heterocycles. The number of nitrogens with zero attached hydrogens (tertiary/aromatic N) is 3. The van der Waals surface area contributed by atoms with Crippen LogP contribution in [0.15, 0.2) is 30.6 Å². The summed E-state index contributed by atoms with van der Waals surface area (Å²) in [4.78, 5) is 14.5. The number of amides is 1. The lowest BCUT2D eigenvalue weighted by Gasteiger charge is -2.39.